The Kier molecular flexibility index (Phi) is 3.52. The number of anilines is 1. The maximum absolute atomic E-state index is 11.7. The van der Waals surface area contributed by atoms with Crippen molar-refractivity contribution in [1.29, 1.82) is 0 Å². The molecule has 2 heterocycles. The van der Waals surface area contributed by atoms with Crippen LogP contribution >= 0.6 is 15.9 Å². The van der Waals surface area contributed by atoms with E-state index >= 15 is 0 Å². The molecule has 1 amide bonds. The normalized spacial score (nSPS) is 24.4. The third-order valence-electron chi connectivity index (χ3n) is 2.42. The van der Waals surface area contributed by atoms with Crippen molar-refractivity contribution in [2.45, 2.75) is 18.6 Å². The summed E-state index contributed by atoms with van der Waals surface area (Å²) in [7, 11) is 0. The first-order valence-electron chi connectivity index (χ1n) is 4.99. The molecule has 16 heavy (non-hydrogen) atoms. The van der Waals surface area contributed by atoms with Gasteiger partial charge in [-0.3, -0.25) is 4.79 Å². The SMILES string of the molecule is O=C(Nc1ccc(Br)nc1)C1CC(O)CN1. The molecule has 1 saturated heterocycles. The predicted octanol–water partition coefficient (Wildman–Crippen LogP) is 0.505. The molecular formula is C10H12BrN3O2. The number of nitrogens with zero attached hydrogens (tertiary/aromatic N) is 1. The second-order valence-electron chi connectivity index (χ2n) is 3.71. The van der Waals surface area contributed by atoms with E-state index in [9.17, 15) is 9.90 Å². The molecule has 2 rings (SSSR count). The highest BCUT2D eigenvalue weighted by atomic mass is 79.9. The Bertz CT molecular complexity index is 382. The second-order valence-corrected chi connectivity index (χ2v) is 4.52. The lowest BCUT2D eigenvalue weighted by Crippen LogP contribution is -2.35. The molecule has 2 unspecified atom stereocenters. The number of rotatable bonds is 2. The Labute approximate surface area is 101 Å². The van der Waals surface area contributed by atoms with E-state index in [4.69, 9.17) is 0 Å². The Morgan fingerprint density at radius 3 is 3.00 bits per heavy atom. The summed E-state index contributed by atoms with van der Waals surface area (Å²) < 4.78 is 0.722. The number of carbonyl (C=O) groups excluding carboxylic acids is 1. The molecule has 5 nitrogen and oxygen atoms in total. The summed E-state index contributed by atoms with van der Waals surface area (Å²) in [4.78, 5) is 15.7. The van der Waals surface area contributed by atoms with Gasteiger partial charge in [-0.1, -0.05) is 0 Å². The van der Waals surface area contributed by atoms with Gasteiger partial charge in [-0.2, -0.15) is 0 Å². The largest absolute Gasteiger partial charge is 0.392 e. The van der Waals surface area contributed by atoms with Crippen LogP contribution in [0.5, 0.6) is 0 Å². The number of halogens is 1. The summed E-state index contributed by atoms with van der Waals surface area (Å²) in [5.74, 6) is -0.138. The lowest BCUT2D eigenvalue weighted by Gasteiger charge is -2.10. The summed E-state index contributed by atoms with van der Waals surface area (Å²) in [6, 6.07) is 3.20. The molecule has 3 N–H and O–H groups in total. The number of amides is 1. The highest BCUT2D eigenvalue weighted by molar-refractivity contribution is 9.10. The number of aliphatic hydroxyl groups excluding tert-OH is 1. The summed E-state index contributed by atoms with van der Waals surface area (Å²) in [6.45, 7) is 0.469. The molecule has 0 aliphatic carbocycles. The number of pyridine rings is 1. The van der Waals surface area contributed by atoms with Crippen LogP contribution in [0.2, 0.25) is 0 Å². The summed E-state index contributed by atoms with van der Waals surface area (Å²) in [6.07, 6.45) is 1.60. The van der Waals surface area contributed by atoms with Gasteiger partial charge in [-0.05, 0) is 34.5 Å². The van der Waals surface area contributed by atoms with E-state index in [2.05, 4.69) is 31.5 Å². The quantitative estimate of drug-likeness (QED) is 0.692. The molecule has 0 aromatic carbocycles. The van der Waals surface area contributed by atoms with Gasteiger partial charge in [0.2, 0.25) is 5.91 Å². The molecule has 86 valence electrons. The topological polar surface area (TPSA) is 74.2 Å². The summed E-state index contributed by atoms with van der Waals surface area (Å²) in [5.41, 5.74) is 0.649. The Hall–Kier alpha value is -0.980. The number of β-amino-alcohol motifs (C(OH)–C–C–N with tert-alkyl or cyclic N) is 1. The third kappa shape index (κ3) is 2.78. The monoisotopic (exact) mass is 285 g/mol. The molecule has 2 atom stereocenters. The molecule has 1 aliphatic rings. The van der Waals surface area contributed by atoms with Crippen LogP contribution in [0.25, 0.3) is 0 Å². The fourth-order valence-corrected chi connectivity index (χ4v) is 1.83. The van der Waals surface area contributed by atoms with Gasteiger partial charge in [0.25, 0.3) is 0 Å². The van der Waals surface area contributed by atoms with Crippen LogP contribution in [0.4, 0.5) is 5.69 Å². The van der Waals surface area contributed by atoms with E-state index in [1.165, 1.54) is 0 Å². The second kappa shape index (κ2) is 4.90. The minimum atomic E-state index is -0.432. The molecule has 6 heteroatoms. The molecule has 1 aliphatic heterocycles. The Morgan fingerprint density at radius 2 is 2.44 bits per heavy atom. The van der Waals surface area contributed by atoms with Gasteiger partial charge in [0, 0.05) is 6.54 Å². The first-order chi connectivity index (χ1) is 7.65. The first-order valence-corrected chi connectivity index (χ1v) is 5.78. The van der Waals surface area contributed by atoms with Crippen molar-refractivity contribution in [3.8, 4) is 0 Å². The molecule has 1 fully saturated rings. The fraction of sp³-hybridized carbons (Fsp3) is 0.400. The first kappa shape index (κ1) is 11.5. The van der Waals surface area contributed by atoms with Crippen molar-refractivity contribution in [1.82, 2.24) is 10.3 Å². The zero-order valence-electron chi connectivity index (χ0n) is 8.48. The molecule has 1 aromatic heterocycles. The Balaban J connectivity index is 1.94. The highest BCUT2D eigenvalue weighted by Crippen LogP contribution is 2.13. The minimum Gasteiger partial charge on any atom is -0.392 e. The van der Waals surface area contributed by atoms with Crippen LogP contribution in [-0.2, 0) is 4.79 Å². The molecule has 0 radical (unpaired) electrons. The van der Waals surface area contributed by atoms with Crippen LogP contribution in [0.1, 0.15) is 6.42 Å². The van der Waals surface area contributed by atoms with E-state index in [1.807, 2.05) is 0 Å². The van der Waals surface area contributed by atoms with Crippen LogP contribution in [0.15, 0.2) is 22.9 Å². The average Bonchev–Trinajstić information content (AvgIpc) is 2.68. The number of nitrogens with one attached hydrogen (secondary N) is 2. The molecule has 1 aromatic rings. The number of carbonyl (C=O) groups is 1. The molecule has 0 bridgehead atoms. The lowest BCUT2D eigenvalue weighted by atomic mass is 10.2. The van der Waals surface area contributed by atoms with Crippen molar-refractivity contribution in [2.24, 2.45) is 0 Å². The van der Waals surface area contributed by atoms with Crippen LogP contribution < -0.4 is 10.6 Å². The smallest absolute Gasteiger partial charge is 0.241 e. The van der Waals surface area contributed by atoms with Gasteiger partial charge < -0.3 is 15.7 Å². The van der Waals surface area contributed by atoms with Gasteiger partial charge >= 0.3 is 0 Å². The highest BCUT2D eigenvalue weighted by Gasteiger charge is 2.27. The molecule has 0 saturated carbocycles. The van der Waals surface area contributed by atoms with Crippen LogP contribution in [-0.4, -0.2) is 34.7 Å². The lowest BCUT2D eigenvalue weighted by molar-refractivity contribution is -0.117. The number of hydrogen-bond acceptors (Lipinski definition) is 4. The standard InChI is InChI=1S/C10H12BrN3O2/c11-9-2-1-6(4-13-9)14-10(16)8-3-7(15)5-12-8/h1-2,4,7-8,12,15H,3,5H2,(H,14,16). The van der Waals surface area contributed by atoms with Crippen LogP contribution in [0.3, 0.4) is 0 Å². The molecule has 0 spiro atoms. The summed E-state index contributed by atoms with van der Waals surface area (Å²) >= 11 is 3.22. The minimum absolute atomic E-state index is 0.138. The molecular weight excluding hydrogens is 274 g/mol. The number of aromatic nitrogens is 1. The predicted molar refractivity (Wildman–Crippen MR) is 63.0 cm³/mol. The van der Waals surface area contributed by atoms with E-state index in [-0.39, 0.29) is 11.9 Å². The van der Waals surface area contributed by atoms with Crippen molar-refractivity contribution in [2.75, 3.05) is 11.9 Å². The number of aliphatic hydroxyl groups is 1. The van der Waals surface area contributed by atoms with E-state index in [0.29, 0.717) is 18.7 Å². The Morgan fingerprint density at radius 1 is 1.62 bits per heavy atom. The van der Waals surface area contributed by atoms with E-state index in [0.717, 1.165) is 4.60 Å². The average molecular weight is 286 g/mol. The van der Waals surface area contributed by atoms with Gasteiger partial charge in [0.15, 0.2) is 0 Å². The third-order valence-corrected chi connectivity index (χ3v) is 2.89. The fourth-order valence-electron chi connectivity index (χ4n) is 1.60. The zero-order chi connectivity index (χ0) is 11.5. The van der Waals surface area contributed by atoms with Crippen molar-refractivity contribution in [3.63, 3.8) is 0 Å². The van der Waals surface area contributed by atoms with Crippen LogP contribution in [0, 0.1) is 0 Å². The summed E-state index contributed by atoms with van der Waals surface area (Å²) in [5, 5.41) is 15.0. The zero-order valence-corrected chi connectivity index (χ0v) is 10.1. The van der Waals surface area contributed by atoms with Crippen molar-refractivity contribution >= 4 is 27.5 Å². The van der Waals surface area contributed by atoms with Crippen molar-refractivity contribution < 1.29 is 9.90 Å². The van der Waals surface area contributed by atoms with Gasteiger partial charge in [0.05, 0.1) is 24.0 Å². The van der Waals surface area contributed by atoms with Gasteiger partial charge in [-0.15, -0.1) is 0 Å². The van der Waals surface area contributed by atoms with Crippen molar-refractivity contribution in [3.05, 3.63) is 22.9 Å². The maximum atomic E-state index is 11.7. The number of hydrogen-bond donors (Lipinski definition) is 3. The van der Waals surface area contributed by atoms with Gasteiger partial charge in [0.1, 0.15) is 4.60 Å². The van der Waals surface area contributed by atoms with E-state index < -0.39 is 6.10 Å². The maximum Gasteiger partial charge on any atom is 0.241 e. The van der Waals surface area contributed by atoms with E-state index in [1.54, 1.807) is 18.3 Å². The van der Waals surface area contributed by atoms with Gasteiger partial charge in [-0.25, -0.2) is 4.98 Å².